The van der Waals surface area contributed by atoms with E-state index in [1.54, 1.807) is 42.5 Å². The van der Waals surface area contributed by atoms with E-state index in [2.05, 4.69) is 10.4 Å². The van der Waals surface area contributed by atoms with Gasteiger partial charge < -0.3 is 10.1 Å². The second-order valence-corrected chi connectivity index (χ2v) is 8.12. The standard InChI is InChI=1S/C23H23ClN4O4/c1-15-6-4-8-17(12-15)28-23(31)27(14-16-7-2-3-10-19(16)24)22(30)20(26-28)21(29)25-13-18-9-5-11-32-18/h2-4,6-8,10,12,18H,5,9,11,13-14H2,1H3,(H,25,29). The lowest BCUT2D eigenvalue weighted by atomic mass is 10.2. The Morgan fingerprint density at radius 2 is 2.03 bits per heavy atom. The monoisotopic (exact) mass is 454 g/mol. The van der Waals surface area contributed by atoms with Crippen LogP contribution < -0.4 is 16.6 Å². The molecule has 32 heavy (non-hydrogen) atoms. The van der Waals surface area contributed by atoms with Gasteiger partial charge in [0.15, 0.2) is 0 Å². The molecule has 166 valence electrons. The zero-order valence-corrected chi connectivity index (χ0v) is 18.3. The summed E-state index contributed by atoms with van der Waals surface area (Å²) in [5, 5.41) is 7.27. The number of rotatable bonds is 6. The summed E-state index contributed by atoms with van der Waals surface area (Å²) in [7, 11) is 0. The van der Waals surface area contributed by atoms with E-state index in [0.717, 1.165) is 27.7 Å². The molecule has 0 bridgehead atoms. The van der Waals surface area contributed by atoms with E-state index < -0.39 is 17.2 Å². The lowest BCUT2D eigenvalue weighted by Gasteiger charge is -2.14. The molecule has 1 aliphatic rings. The number of hydrogen-bond donors (Lipinski definition) is 1. The third-order valence-corrected chi connectivity index (χ3v) is 5.69. The van der Waals surface area contributed by atoms with Gasteiger partial charge in [-0.25, -0.2) is 4.79 Å². The number of aromatic nitrogens is 3. The van der Waals surface area contributed by atoms with Gasteiger partial charge >= 0.3 is 5.69 Å². The number of carbonyl (C=O) groups is 1. The Bertz CT molecular complexity index is 1260. The first-order valence-electron chi connectivity index (χ1n) is 10.4. The predicted molar refractivity (Wildman–Crippen MR) is 121 cm³/mol. The highest BCUT2D eigenvalue weighted by molar-refractivity contribution is 6.31. The Morgan fingerprint density at radius 1 is 1.22 bits per heavy atom. The highest BCUT2D eigenvalue weighted by Gasteiger charge is 2.23. The summed E-state index contributed by atoms with van der Waals surface area (Å²) in [6.07, 6.45) is 1.68. The topological polar surface area (TPSA) is 95.2 Å². The Hall–Kier alpha value is -3.23. The maximum Gasteiger partial charge on any atom is 0.352 e. The molecule has 1 fully saturated rings. The number of amides is 1. The maximum atomic E-state index is 13.2. The average molecular weight is 455 g/mol. The van der Waals surface area contributed by atoms with Crippen LogP contribution in [0, 0.1) is 6.92 Å². The number of nitrogens with zero attached hydrogens (tertiary/aromatic N) is 3. The number of benzene rings is 2. The van der Waals surface area contributed by atoms with Gasteiger partial charge in [0.25, 0.3) is 11.5 Å². The summed E-state index contributed by atoms with van der Waals surface area (Å²) >= 11 is 6.25. The lowest BCUT2D eigenvalue weighted by molar-refractivity contribution is 0.0849. The quantitative estimate of drug-likeness (QED) is 0.616. The molecule has 1 aromatic heterocycles. The number of carbonyl (C=O) groups excluding carboxylic acids is 1. The van der Waals surface area contributed by atoms with Gasteiger partial charge in [0.2, 0.25) is 5.69 Å². The normalized spacial score (nSPS) is 15.6. The first kappa shape index (κ1) is 22.0. The van der Waals surface area contributed by atoms with E-state index in [1.165, 1.54) is 0 Å². The van der Waals surface area contributed by atoms with Crippen molar-refractivity contribution in [1.82, 2.24) is 19.7 Å². The molecular formula is C23H23ClN4O4. The third-order valence-electron chi connectivity index (χ3n) is 5.32. The van der Waals surface area contributed by atoms with Crippen LogP contribution >= 0.6 is 11.6 Å². The zero-order valence-electron chi connectivity index (χ0n) is 17.6. The summed E-state index contributed by atoms with van der Waals surface area (Å²) in [5.41, 5.74) is 0.151. The first-order valence-corrected chi connectivity index (χ1v) is 10.8. The van der Waals surface area contributed by atoms with Crippen LogP contribution in [0.1, 0.15) is 34.5 Å². The molecule has 0 spiro atoms. The van der Waals surface area contributed by atoms with Crippen LogP contribution in [0.5, 0.6) is 0 Å². The van der Waals surface area contributed by atoms with Gasteiger partial charge in [-0.2, -0.15) is 9.78 Å². The molecule has 0 aliphatic carbocycles. The summed E-state index contributed by atoms with van der Waals surface area (Å²) < 4.78 is 7.58. The van der Waals surface area contributed by atoms with Crippen LogP contribution in [0.25, 0.3) is 5.69 Å². The largest absolute Gasteiger partial charge is 0.376 e. The molecule has 1 unspecified atom stereocenters. The third kappa shape index (κ3) is 4.66. The second-order valence-electron chi connectivity index (χ2n) is 7.71. The van der Waals surface area contributed by atoms with E-state index in [4.69, 9.17) is 16.3 Å². The van der Waals surface area contributed by atoms with E-state index >= 15 is 0 Å². The Balaban J connectivity index is 1.79. The van der Waals surface area contributed by atoms with Crippen LogP contribution in [0.4, 0.5) is 0 Å². The molecule has 1 saturated heterocycles. The van der Waals surface area contributed by atoms with Crippen molar-refractivity contribution < 1.29 is 9.53 Å². The smallest absolute Gasteiger partial charge is 0.352 e. The van der Waals surface area contributed by atoms with Crippen LogP contribution in [-0.4, -0.2) is 39.5 Å². The van der Waals surface area contributed by atoms with Gasteiger partial charge in [-0.15, -0.1) is 0 Å². The molecule has 0 radical (unpaired) electrons. The molecule has 2 aromatic carbocycles. The van der Waals surface area contributed by atoms with E-state index in [0.29, 0.717) is 22.9 Å². The van der Waals surface area contributed by atoms with E-state index in [1.807, 2.05) is 13.0 Å². The molecule has 9 heteroatoms. The fourth-order valence-corrected chi connectivity index (χ4v) is 3.81. The number of aryl methyl sites for hydroxylation is 1. The fourth-order valence-electron chi connectivity index (χ4n) is 3.62. The highest BCUT2D eigenvalue weighted by atomic mass is 35.5. The number of nitrogens with one attached hydrogen (secondary N) is 1. The Kier molecular flexibility index (Phi) is 6.53. The Labute approximate surface area is 189 Å². The molecule has 3 aromatic rings. The average Bonchev–Trinajstić information content (AvgIpc) is 3.30. The van der Waals surface area contributed by atoms with Crippen molar-refractivity contribution in [3.05, 3.63) is 91.2 Å². The van der Waals surface area contributed by atoms with Gasteiger partial charge in [-0.05, 0) is 49.1 Å². The van der Waals surface area contributed by atoms with Crippen molar-refractivity contribution in [2.75, 3.05) is 13.2 Å². The number of hydrogen-bond acceptors (Lipinski definition) is 5. The summed E-state index contributed by atoms with van der Waals surface area (Å²) in [4.78, 5) is 39.2. The molecule has 1 atom stereocenters. The van der Waals surface area contributed by atoms with Crippen molar-refractivity contribution in [3.63, 3.8) is 0 Å². The SMILES string of the molecule is Cc1cccc(-n2nc(C(=O)NCC3CCCO3)c(=O)n(Cc3ccccc3Cl)c2=O)c1. The first-order chi connectivity index (χ1) is 15.4. The van der Waals surface area contributed by atoms with Crippen LogP contribution in [-0.2, 0) is 11.3 Å². The minimum Gasteiger partial charge on any atom is -0.376 e. The molecule has 1 aliphatic heterocycles. The fraction of sp³-hybridized carbons (Fsp3) is 0.304. The summed E-state index contributed by atoms with van der Waals surface area (Å²) in [6, 6.07) is 14.0. The maximum absolute atomic E-state index is 13.2. The van der Waals surface area contributed by atoms with Crippen molar-refractivity contribution in [2.45, 2.75) is 32.4 Å². The van der Waals surface area contributed by atoms with Gasteiger partial charge in [-0.3, -0.25) is 14.2 Å². The second kappa shape index (κ2) is 9.50. The van der Waals surface area contributed by atoms with Crippen molar-refractivity contribution in [3.8, 4) is 5.69 Å². The van der Waals surface area contributed by atoms with Gasteiger partial charge in [0.1, 0.15) is 0 Å². The number of halogens is 1. The Morgan fingerprint density at radius 3 is 2.75 bits per heavy atom. The zero-order chi connectivity index (χ0) is 22.7. The molecule has 4 rings (SSSR count). The van der Waals surface area contributed by atoms with Crippen LogP contribution in [0.3, 0.4) is 0 Å². The summed E-state index contributed by atoms with van der Waals surface area (Å²) in [6.45, 7) is 2.72. The van der Waals surface area contributed by atoms with Crippen LogP contribution in [0.2, 0.25) is 5.02 Å². The van der Waals surface area contributed by atoms with E-state index in [-0.39, 0.29) is 24.9 Å². The molecular weight excluding hydrogens is 432 g/mol. The van der Waals surface area contributed by atoms with Gasteiger partial charge in [0.05, 0.1) is 18.3 Å². The van der Waals surface area contributed by atoms with Crippen LogP contribution in [0.15, 0.2) is 58.1 Å². The predicted octanol–water partition coefficient (Wildman–Crippen LogP) is 2.31. The van der Waals surface area contributed by atoms with Crippen molar-refractivity contribution >= 4 is 17.5 Å². The molecule has 1 amide bonds. The van der Waals surface area contributed by atoms with E-state index in [9.17, 15) is 14.4 Å². The van der Waals surface area contributed by atoms with Crippen molar-refractivity contribution in [2.24, 2.45) is 0 Å². The molecule has 1 N–H and O–H groups in total. The molecule has 0 saturated carbocycles. The highest BCUT2D eigenvalue weighted by Crippen LogP contribution is 2.15. The lowest BCUT2D eigenvalue weighted by Crippen LogP contribution is -2.46. The van der Waals surface area contributed by atoms with Gasteiger partial charge in [-0.1, -0.05) is 41.9 Å². The van der Waals surface area contributed by atoms with Crippen molar-refractivity contribution in [1.29, 1.82) is 0 Å². The number of ether oxygens (including phenoxy) is 1. The molecule has 8 nitrogen and oxygen atoms in total. The minimum atomic E-state index is -0.774. The minimum absolute atomic E-state index is 0.0856. The summed E-state index contributed by atoms with van der Waals surface area (Å²) in [5.74, 6) is -0.653. The van der Waals surface area contributed by atoms with Gasteiger partial charge in [0, 0.05) is 18.2 Å². The molecule has 2 heterocycles.